The molecule has 1 saturated carbocycles. The molecule has 2 saturated heterocycles. The Labute approximate surface area is 306 Å². The van der Waals surface area contributed by atoms with E-state index in [1.54, 1.807) is 0 Å². The van der Waals surface area contributed by atoms with Gasteiger partial charge in [-0.05, 0) is 105 Å². The van der Waals surface area contributed by atoms with Crippen molar-refractivity contribution in [1.29, 1.82) is 0 Å². The van der Waals surface area contributed by atoms with Crippen molar-refractivity contribution >= 4 is 40.4 Å². The van der Waals surface area contributed by atoms with E-state index in [-0.39, 0.29) is 41.9 Å². The van der Waals surface area contributed by atoms with E-state index in [2.05, 4.69) is 45.7 Å². The highest BCUT2D eigenvalue weighted by atomic mass is 19.4. The Bertz CT molecular complexity index is 1960. The molecule has 10 nitrogen and oxygen atoms in total. The molecule has 53 heavy (non-hydrogen) atoms. The standard InChI is InChI=1S/C40H45F3N6O4/c1-47(23-25-5-9-27(10-6-25)33-14-16-36(51)45-38(33)53)30-17-19-48(20-18-30)32-13-15-34-35(22-32)49(31-11-7-26(24-50)8-12-31)39(44-34)46-37(52)28-3-2-4-29(21-28)40(41,42)43/h2-6,9-10,13,15,21-22,26,30-31,33,50H,7-8,11-12,14,16-20,23-24H2,1H3,(H,44,46,52)(H,45,51,53). The molecule has 7 rings (SSSR count). The molecule has 13 heteroatoms. The molecule has 3 aliphatic rings. The van der Waals surface area contributed by atoms with Crippen molar-refractivity contribution in [3.05, 3.63) is 89.0 Å². The number of aliphatic hydroxyl groups excluding tert-OH is 1. The molecule has 3 aromatic carbocycles. The summed E-state index contributed by atoms with van der Waals surface area (Å²) in [6, 6.07) is 19.0. The van der Waals surface area contributed by atoms with Gasteiger partial charge in [-0.3, -0.25) is 29.9 Å². The highest BCUT2D eigenvalue weighted by Crippen LogP contribution is 2.38. The summed E-state index contributed by atoms with van der Waals surface area (Å²) in [6.45, 7) is 2.61. The van der Waals surface area contributed by atoms with Crippen LogP contribution < -0.4 is 15.5 Å². The summed E-state index contributed by atoms with van der Waals surface area (Å²) in [5, 5.41) is 15.0. The number of rotatable bonds is 9. The van der Waals surface area contributed by atoms with Crippen LogP contribution in [0.5, 0.6) is 0 Å². The largest absolute Gasteiger partial charge is 0.416 e. The topological polar surface area (TPSA) is 120 Å². The Morgan fingerprint density at radius 2 is 1.70 bits per heavy atom. The van der Waals surface area contributed by atoms with Crippen molar-refractivity contribution < 1.29 is 32.7 Å². The number of alkyl halides is 3. The summed E-state index contributed by atoms with van der Waals surface area (Å²) in [4.78, 5) is 46.7. The van der Waals surface area contributed by atoms with Crippen LogP contribution in [0.15, 0.2) is 66.7 Å². The SMILES string of the molecule is CN(Cc1ccc(C2CCC(=O)NC2=O)cc1)C1CCN(c2ccc3nc(NC(=O)c4cccc(C(F)(F)F)c4)n(C4CCC(CO)CC4)c3c2)CC1. The predicted molar refractivity (Wildman–Crippen MR) is 195 cm³/mol. The molecule has 3 fully saturated rings. The summed E-state index contributed by atoms with van der Waals surface area (Å²) in [6.07, 6.45) is 1.47. The van der Waals surface area contributed by atoms with Gasteiger partial charge in [0.2, 0.25) is 17.8 Å². The fourth-order valence-electron chi connectivity index (χ4n) is 8.18. The molecule has 2 aliphatic heterocycles. The van der Waals surface area contributed by atoms with Crippen LogP contribution in [-0.2, 0) is 22.3 Å². The average molecular weight is 731 g/mol. The minimum absolute atomic E-state index is 0.00679. The molecule has 1 aliphatic carbocycles. The Morgan fingerprint density at radius 1 is 0.962 bits per heavy atom. The van der Waals surface area contributed by atoms with Gasteiger partial charge in [0, 0.05) is 56.0 Å². The monoisotopic (exact) mass is 730 g/mol. The van der Waals surface area contributed by atoms with E-state index in [9.17, 15) is 32.7 Å². The van der Waals surface area contributed by atoms with E-state index in [0.717, 1.165) is 92.6 Å². The molecular formula is C40H45F3N6O4. The summed E-state index contributed by atoms with van der Waals surface area (Å²) >= 11 is 0. The van der Waals surface area contributed by atoms with Crippen molar-refractivity contribution in [1.82, 2.24) is 19.8 Å². The lowest BCUT2D eigenvalue weighted by molar-refractivity contribution is -0.138. The molecule has 3 heterocycles. The third-order valence-electron chi connectivity index (χ3n) is 11.3. The Balaban J connectivity index is 1.04. The highest BCUT2D eigenvalue weighted by Gasteiger charge is 2.32. The van der Waals surface area contributed by atoms with Gasteiger partial charge >= 0.3 is 6.18 Å². The third-order valence-corrected chi connectivity index (χ3v) is 11.3. The quantitative estimate of drug-likeness (QED) is 0.165. The van der Waals surface area contributed by atoms with E-state index in [1.165, 1.54) is 12.1 Å². The Morgan fingerprint density at radius 3 is 2.38 bits per heavy atom. The number of hydrogen-bond acceptors (Lipinski definition) is 7. The second-order valence-corrected chi connectivity index (χ2v) is 14.7. The lowest BCUT2D eigenvalue weighted by Gasteiger charge is -2.38. The van der Waals surface area contributed by atoms with E-state index in [4.69, 9.17) is 4.98 Å². The number of hydrogen-bond donors (Lipinski definition) is 3. The number of aromatic nitrogens is 2. The molecular weight excluding hydrogens is 685 g/mol. The van der Waals surface area contributed by atoms with Gasteiger partial charge in [-0.2, -0.15) is 13.2 Å². The maximum atomic E-state index is 13.4. The first-order valence-electron chi connectivity index (χ1n) is 18.5. The van der Waals surface area contributed by atoms with Crippen LogP contribution >= 0.6 is 0 Å². The summed E-state index contributed by atoms with van der Waals surface area (Å²) in [5.74, 6) is -0.873. The number of nitrogens with one attached hydrogen (secondary N) is 2. The van der Waals surface area contributed by atoms with Crippen molar-refractivity contribution in [2.45, 2.75) is 82.1 Å². The molecule has 0 spiro atoms. The van der Waals surface area contributed by atoms with Gasteiger partial charge in [-0.15, -0.1) is 0 Å². The minimum atomic E-state index is -4.57. The van der Waals surface area contributed by atoms with Crippen LogP contribution in [0, 0.1) is 5.92 Å². The number of amides is 3. The number of imidazole rings is 1. The van der Waals surface area contributed by atoms with Crippen LogP contribution in [0.4, 0.5) is 24.8 Å². The first kappa shape index (κ1) is 36.6. The van der Waals surface area contributed by atoms with E-state index in [1.807, 2.05) is 28.8 Å². The molecule has 3 N–H and O–H groups in total. The first-order chi connectivity index (χ1) is 25.5. The van der Waals surface area contributed by atoms with Crippen LogP contribution in [0.25, 0.3) is 11.0 Å². The third kappa shape index (κ3) is 8.11. The number of piperidine rings is 2. The van der Waals surface area contributed by atoms with Crippen molar-refractivity contribution in [3.8, 4) is 0 Å². The molecule has 0 radical (unpaired) electrons. The maximum absolute atomic E-state index is 13.4. The molecule has 4 aromatic rings. The highest BCUT2D eigenvalue weighted by molar-refractivity contribution is 6.04. The van der Waals surface area contributed by atoms with Crippen molar-refractivity contribution in [2.75, 3.05) is 37.0 Å². The van der Waals surface area contributed by atoms with E-state index < -0.39 is 17.6 Å². The van der Waals surface area contributed by atoms with Crippen molar-refractivity contribution in [3.63, 3.8) is 0 Å². The van der Waals surface area contributed by atoms with Gasteiger partial charge < -0.3 is 14.6 Å². The fraction of sp³-hybridized carbons (Fsp3) is 0.450. The number of halogens is 3. The lowest BCUT2D eigenvalue weighted by atomic mass is 9.86. The maximum Gasteiger partial charge on any atom is 0.416 e. The summed E-state index contributed by atoms with van der Waals surface area (Å²) in [5.41, 5.74) is 3.69. The Hall–Kier alpha value is -4.75. The molecule has 0 bridgehead atoms. The van der Waals surface area contributed by atoms with Crippen molar-refractivity contribution in [2.24, 2.45) is 5.92 Å². The minimum Gasteiger partial charge on any atom is -0.396 e. The molecule has 280 valence electrons. The zero-order chi connectivity index (χ0) is 37.3. The first-order valence-corrected chi connectivity index (χ1v) is 18.5. The van der Waals surface area contributed by atoms with Crippen LogP contribution in [0.3, 0.4) is 0 Å². The van der Waals surface area contributed by atoms with Crippen LogP contribution in [-0.4, -0.2) is 70.1 Å². The van der Waals surface area contributed by atoms with Gasteiger partial charge in [0.1, 0.15) is 0 Å². The smallest absolute Gasteiger partial charge is 0.396 e. The second kappa shape index (κ2) is 15.3. The van der Waals surface area contributed by atoms with Gasteiger partial charge in [0.05, 0.1) is 22.5 Å². The molecule has 1 atom stereocenters. The van der Waals surface area contributed by atoms with Gasteiger partial charge in [0.25, 0.3) is 5.91 Å². The Kier molecular flexibility index (Phi) is 10.6. The predicted octanol–water partition coefficient (Wildman–Crippen LogP) is 6.65. The number of imide groups is 1. The number of carbonyl (C=O) groups excluding carboxylic acids is 3. The number of fused-ring (bicyclic) bond motifs is 1. The number of anilines is 2. The molecule has 3 amide bonds. The number of benzene rings is 3. The van der Waals surface area contributed by atoms with Crippen LogP contribution in [0.1, 0.15) is 90.4 Å². The second-order valence-electron chi connectivity index (χ2n) is 14.7. The van der Waals surface area contributed by atoms with Crippen LogP contribution in [0.2, 0.25) is 0 Å². The zero-order valence-corrected chi connectivity index (χ0v) is 29.7. The average Bonchev–Trinajstić information content (AvgIpc) is 3.52. The zero-order valence-electron chi connectivity index (χ0n) is 29.7. The van der Waals surface area contributed by atoms with Gasteiger partial charge in [-0.1, -0.05) is 30.3 Å². The number of aliphatic hydroxyl groups is 1. The van der Waals surface area contributed by atoms with Gasteiger partial charge in [-0.25, -0.2) is 4.98 Å². The summed E-state index contributed by atoms with van der Waals surface area (Å²) in [7, 11) is 2.14. The van der Waals surface area contributed by atoms with E-state index in [0.29, 0.717) is 30.3 Å². The lowest BCUT2D eigenvalue weighted by Crippen LogP contribution is -2.43. The molecule has 1 unspecified atom stereocenters. The summed E-state index contributed by atoms with van der Waals surface area (Å²) < 4.78 is 42.2. The number of nitrogens with zero attached hydrogens (tertiary/aromatic N) is 4. The van der Waals surface area contributed by atoms with E-state index >= 15 is 0 Å². The normalized spacial score (nSPS) is 21.6. The fourth-order valence-corrected chi connectivity index (χ4v) is 8.18. The van der Waals surface area contributed by atoms with Gasteiger partial charge in [0.15, 0.2) is 0 Å². The number of carbonyl (C=O) groups is 3. The molecule has 1 aromatic heterocycles.